The lowest BCUT2D eigenvalue weighted by Gasteiger charge is -2.09. The van der Waals surface area contributed by atoms with Gasteiger partial charge in [-0.1, -0.05) is 64.5 Å². The molecule has 1 heterocycles. The van der Waals surface area contributed by atoms with Crippen molar-refractivity contribution in [3.8, 4) is 5.75 Å². The molecule has 2 aromatic carbocycles. The van der Waals surface area contributed by atoms with Crippen molar-refractivity contribution in [3.63, 3.8) is 0 Å². The van der Waals surface area contributed by atoms with Crippen LogP contribution in [0.15, 0.2) is 28.7 Å². The predicted molar refractivity (Wildman–Crippen MR) is 121 cm³/mol. The Hall–Kier alpha value is -1.96. The molecule has 0 N–H and O–H groups in total. The highest BCUT2D eigenvalue weighted by molar-refractivity contribution is 6.07. The monoisotopic (exact) mass is 380 g/mol. The summed E-state index contributed by atoms with van der Waals surface area (Å²) in [4.78, 5) is 0. The number of furan rings is 1. The van der Waals surface area contributed by atoms with Crippen LogP contribution < -0.4 is 4.74 Å². The first-order valence-corrected chi connectivity index (χ1v) is 11.2. The van der Waals surface area contributed by atoms with Crippen LogP contribution in [0.2, 0.25) is 0 Å². The van der Waals surface area contributed by atoms with Gasteiger partial charge in [-0.25, -0.2) is 0 Å². The molecule has 0 aliphatic carbocycles. The van der Waals surface area contributed by atoms with Gasteiger partial charge in [-0.2, -0.15) is 0 Å². The number of ether oxygens (including phenoxy) is 1. The molecule has 0 saturated carbocycles. The lowest BCUT2D eigenvalue weighted by atomic mass is 9.99. The van der Waals surface area contributed by atoms with Crippen LogP contribution in [0.5, 0.6) is 5.75 Å². The van der Waals surface area contributed by atoms with Crippen LogP contribution in [0.1, 0.15) is 81.9 Å². The third-order valence-electron chi connectivity index (χ3n) is 5.92. The molecule has 0 aliphatic heterocycles. The number of fused-ring (bicyclic) bond motifs is 3. The first kappa shape index (κ1) is 20.8. The lowest BCUT2D eigenvalue weighted by Crippen LogP contribution is -1.98. The Balaban J connectivity index is 1.82. The molecule has 0 spiro atoms. The van der Waals surface area contributed by atoms with Crippen molar-refractivity contribution in [3.05, 3.63) is 41.0 Å². The summed E-state index contributed by atoms with van der Waals surface area (Å²) >= 11 is 0. The Morgan fingerprint density at radius 2 is 1.36 bits per heavy atom. The van der Waals surface area contributed by atoms with E-state index in [0.29, 0.717) is 0 Å². The van der Waals surface area contributed by atoms with E-state index in [4.69, 9.17) is 9.15 Å². The van der Waals surface area contributed by atoms with Gasteiger partial charge in [0, 0.05) is 16.3 Å². The highest BCUT2D eigenvalue weighted by Crippen LogP contribution is 2.37. The van der Waals surface area contributed by atoms with E-state index < -0.39 is 0 Å². The van der Waals surface area contributed by atoms with Crippen molar-refractivity contribution < 1.29 is 9.15 Å². The summed E-state index contributed by atoms with van der Waals surface area (Å²) in [6, 6.07) is 8.82. The van der Waals surface area contributed by atoms with Gasteiger partial charge in [-0.15, -0.1) is 0 Å². The number of aryl methyl sites for hydroxylation is 3. The third-order valence-corrected chi connectivity index (χ3v) is 5.92. The molecule has 2 heteroatoms. The van der Waals surface area contributed by atoms with Gasteiger partial charge in [-0.3, -0.25) is 0 Å². The Labute approximate surface area is 170 Å². The molecule has 0 amide bonds. The molecule has 0 bridgehead atoms. The molecule has 0 atom stereocenters. The number of rotatable bonds is 11. The van der Waals surface area contributed by atoms with E-state index in [1.54, 1.807) is 0 Å². The van der Waals surface area contributed by atoms with Crippen LogP contribution in [-0.2, 0) is 6.42 Å². The van der Waals surface area contributed by atoms with E-state index in [2.05, 4.69) is 52.0 Å². The minimum atomic E-state index is 0.785. The van der Waals surface area contributed by atoms with Crippen LogP contribution in [0.3, 0.4) is 0 Å². The standard InChI is InChI=1S/C26H36O2/c1-5-7-9-11-13-21-14-15-22-23-16-17-24(27-18-12-10-8-6-2)20(4)26(23)28-25(22)19(21)3/h14-17H,5-13,18H2,1-4H3. The van der Waals surface area contributed by atoms with Gasteiger partial charge in [-0.05, 0) is 56.4 Å². The fourth-order valence-electron chi connectivity index (χ4n) is 4.08. The zero-order chi connectivity index (χ0) is 19.9. The summed E-state index contributed by atoms with van der Waals surface area (Å²) in [5, 5.41) is 2.42. The number of hydrogen-bond donors (Lipinski definition) is 0. The van der Waals surface area contributed by atoms with Crippen LogP contribution in [0.25, 0.3) is 21.9 Å². The van der Waals surface area contributed by atoms with Crippen LogP contribution >= 0.6 is 0 Å². The normalized spacial score (nSPS) is 11.6. The van der Waals surface area contributed by atoms with E-state index >= 15 is 0 Å². The van der Waals surface area contributed by atoms with Crippen molar-refractivity contribution in [2.45, 2.75) is 85.5 Å². The van der Waals surface area contributed by atoms with Gasteiger partial charge < -0.3 is 9.15 Å². The van der Waals surface area contributed by atoms with E-state index in [1.807, 2.05) is 0 Å². The molecular weight excluding hydrogens is 344 g/mol. The fraction of sp³-hybridized carbons (Fsp3) is 0.538. The smallest absolute Gasteiger partial charge is 0.142 e. The van der Waals surface area contributed by atoms with Crippen LogP contribution in [0.4, 0.5) is 0 Å². The van der Waals surface area contributed by atoms with Gasteiger partial charge in [0.2, 0.25) is 0 Å². The maximum Gasteiger partial charge on any atom is 0.142 e. The minimum absolute atomic E-state index is 0.785. The first-order chi connectivity index (χ1) is 13.7. The second-order valence-corrected chi connectivity index (χ2v) is 8.11. The second-order valence-electron chi connectivity index (χ2n) is 8.11. The predicted octanol–water partition coefficient (Wildman–Crippen LogP) is 8.28. The molecule has 0 unspecified atom stereocenters. The van der Waals surface area contributed by atoms with Crippen LogP contribution in [-0.4, -0.2) is 6.61 Å². The average molecular weight is 381 g/mol. The Morgan fingerprint density at radius 1 is 0.714 bits per heavy atom. The number of unbranched alkanes of at least 4 members (excludes halogenated alkanes) is 6. The highest BCUT2D eigenvalue weighted by Gasteiger charge is 2.15. The molecule has 1 aromatic heterocycles. The molecule has 3 rings (SSSR count). The lowest BCUT2D eigenvalue weighted by molar-refractivity contribution is 0.303. The Bertz CT molecular complexity index is 904. The summed E-state index contributed by atoms with van der Waals surface area (Å²) < 4.78 is 12.4. The molecule has 2 nitrogen and oxygen atoms in total. The van der Waals surface area contributed by atoms with Gasteiger partial charge >= 0.3 is 0 Å². The first-order valence-electron chi connectivity index (χ1n) is 11.2. The molecule has 0 radical (unpaired) electrons. The molecule has 0 aliphatic rings. The molecule has 3 aromatic rings. The maximum atomic E-state index is 6.39. The van der Waals surface area contributed by atoms with Gasteiger partial charge in [0.1, 0.15) is 16.9 Å². The highest BCUT2D eigenvalue weighted by atomic mass is 16.5. The van der Waals surface area contributed by atoms with E-state index in [0.717, 1.165) is 41.9 Å². The topological polar surface area (TPSA) is 22.4 Å². The summed E-state index contributed by atoms with van der Waals surface area (Å²) in [5.41, 5.74) is 5.87. The van der Waals surface area contributed by atoms with Crippen molar-refractivity contribution in [1.29, 1.82) is 0 Å². The summed E-state index contributed by atoms with van der Waals surface area (Å²) in [5.74, 6) is 0.959. The molecule has 0 fully saturated rings. The fourth-order valence-corrected chi connectivity index (χ4v) is 4.08. The molecular formula is C26H36O2. The van der Waals surface area contributed by atoms with Crippen molar-refractivity contribution in [2.75, 3.05) is 6.61 Å². The Morgan fingerprint density at radius 3 is 2.07 bits per heavy atom. The van der Waals surface area contributed by atoms with E-state index in [1.165, 1.54) is 66.8 Å². The van der Waals surface area contributed by atoms with Crippen molar-refractivity contribution in [2.24, 2.45) is 0 Å². The number of benzene rings is 2. The van der Waals surface area contributed by atoms with Gasteiger partial charge in [0.05, 0.1) is 6.61 Å². The molecule has 28 heavy (non-hydrogen) atoms. The molecule has 152 valence electrons. The molecule has 0 saturated heterocycles. The van der Waals surface area contributed by atoms with E-state index in [-0.39, 0.29) is 0 Å². The van der Waals surface area contributed by atoms with Crippen LogP contribution in [0, 0.1) is 13.8 Å². The Kier molecular flexibility index (Phi) is 7.42. The van der Waals surface area contributed by atoms with Crippen molar-refractivity contribution >= 4 is 21.9 Å². The summed E-state index contributed by atoms with van der Waals surface area (Å²) in [7, 11) is 0. The van der Waals surface area contributed by atoms with Gasteiger partial charge in [0.15, 0.2) is 0 Å². The zero-order valence-electron chi connectivity index (χ0n) is 18.2. The third kappa shape index (κ3) is 4.54. The minimum Gasteiger partial charge on any atom is -0.493 e. The summed E-state index contributed by atoms with van der Waals surface area (Å²) in [6.07, 6.45) is 11.2. The largest absolute Gasteiger partial charge is 0.493 e. The SMILES string of the molecule is CCCCCCOc1ccc2c(oc3c(C)c(CCCCCC)ccc32)c1C. The average Bonchev–Trinajstić information content (AvgIpc) is 3.08. The maximum absolute atomic E-state index is 6.39. The van der Waals surface area contributed by atoms with Gasteiger partial charge in [0.25, 0.3) is 0 Å². The quantitative estimate of drug-likeness (QED) is 0.312. The zero-order valence-corrected chi connectivity index (χ0v) is 18.2. The second kappa shape index (κ2) is 10.0. The van der Waals surface area contributed by atoms with E-state index in [9.17, 15) is 0 Å². The van der Waals surface area contributed by atoms with Crippen molar-refractivity contribution in [1.82, 2.24) is 0 Å². The number of hydrogen-bond acceptors (Lipinski definition) is 2. The summed E-state index contributed by atoms with van der Waals surface area (Å²) in [6.45, 7) is 9.61.